The van der Waals surface area contributed by atoms with Crippen LogP contribution in [0.5, 0.6) is 0 Å². The first-order chi connectivity index (χ1) is 16.3. The van der Waals surface area contributed by atoms with Crippen LogP contribution in [-0.2, 0) is 14.3 Å². The number of methoxy groups -OCH3 is 1. The van der Waals surface area contributed by atoms with Gasteiger partial charge >= 0.3 is 11.9 Å². The van der Waals surface area contributed by atoms with E-state index >= 15 is 0 Å². The molecule has 1 aromatic heterocycles. The van der Waals surface area contributed by atoms with Crippen molar-refractivity contribution in [2.75, 3.05) is 13.7 Å². The summed E-state index contributed by atoms with van der Waals surface area (Å²) < 4.78 is 13.0. The molecule has 7 nitrogen and oxygen atoms in total. The molecule has 174 valence electrons. The van der Waals surface area contributed by atoms with Crippen molar-refractivity contribution in [3.8, 4) is 0 Å². The summed E-state index contributed by atoms with van der Waals surface area (Å²) in [6.45, 7) is 3.64. The van der Waals surface area contributed by atoms with Gasteiger partial charge in [-0.2, -0.15) is 0 Å². The fourth-order valence-electron chi connectivity index (χ4n) is 3.77. The number of hydrogen-bond donors (Lipinski definition) is 0. The Kier molecular flexibility index (Phi) is 6.95. The first-order valence-corrected chi connectivity index (χ1v) is 12.1. The molecular formula is C25H21BrN2O5S. The van der Waals surface area contributed by atoms with Crippen LogP contribution in [0, 0.1) is 0 Å². The number of ether oxygens (including phenoxy) is 2. The number of hydrogen-bond acceptors (Lipinski definition) is 7. The van der Waals surface area contributed by atoms with Crippen molar-refractivity contribution in [1.29, 1.82) is 0 Å². The highest BCUT2D eigenvalue weighted by Crippen LogP contribution is 2.31. The standard InChI is InChI=1S/C25H21BrN2O5S/c1-4-33-24(31)20-14(2)27-25-28(21(20)16-8-10-17(11-9-16)23(30)32-3)22(29)19(34-25)13-15-6-5-7-18(26)12-15/h5-13,21H,4H2,1-3H3/b19-13-. The fraction of sp³-hybridized carbons (Fsp3) is 0.200. The molecule has 1 aliphatic heterocycles. The molecule has 0 radical (unpaired) electrons. The van der Waals surface area contributed by atoms with Gasteiger partial charge in [0.25, 0.3) is 5.56 Å². The van der Waals surface area contributed by atoms with E-state index in [1.54, 1.807) is 44.2 Å². The highest BCUT2D eigenvalue weighted by Gasteiger charge is 2.33. The van der Waals surface area contributed by atoms with Crippen LogP contribution >= 0.6 is 27.3 Å². The minimum absolute atomic E-state index is 0.191. The van der Waals surface area contributed by atoms with E-state index in [4.69, 9.17) is 9.47 Å². The third-order valence-corrected chi connectivity index (χ3v) is 6.79. The number of aromatic nitrogens is 1. The average Bonchev–Trinajstić information content (AvgIpc) is 3.12. The SMILES string of the molecule is CCOC(=O)C1=C(C)N=c2s/c(=C\c3cccc(Br)c3)c(=O)n2C1c1ccc(C(=O)OC)cc1. The molecule has 0 saturated carbocycles. The Morgan fingerprint density at radius 2 is 1.91 bits per heavy atom. The number of thiazole rings is 1. The summed E-state index contributed by atoms with van der Waals surface area (Å²) in [5.41, 5.74) is 2.39. The fourth-order valence-corrected chi connectivity index (χ4v) is 5.24. The summed E-state index contributed by atoms with van der Waals surface area (Å²) >= 11 is 4.71. The Hall–Kier alpha value is -3.30. The van der Waals surface area contributed by atoms with Gasteiger partial charge in [0.1, 0.15) is 0 Å². The third kappa shape index (κ3) is 4.53. The van der Waals surface area contributed by atoms with E-state index in [0.717, 1.165) is 10.0 Å². The van der Waals surface area contributed by atoms with Gasteiger partial charge in [0.2, 0.25) is 0 Å². The van der Waals surface area contributed by atoms with Crippen molar-refractivity contribution >= 4 is 45.3 Å². The Balaban J connectivity index is 1.92. The summed E-state index contributed by atoms with van der Waals surface area (Å²) in [6, 6.07) is 13.5. The van der Waals surface area contributed by atoms with Gasteiger partial charge in [0.05, 0.1) is 41.1 Å². The van der Waals surface area contributed by atoms with E-state index in [9.17, 15) is 14.4 Å². The van der Waals surface area contributed by atoms with E-state index < -0.39 is 18.0 Å². The molecule has 0 bridgehead atoms. The average molecular weight is 541 g/mol. The van der Waals surface area contributed by atoms with Crippen LogP contribution in [0.3, 0.4) is 0 Å². The van der Waals surface area contributed by atoms with Crippen molar-refractivity contribution in [3.63, 3.8) is 0 Å². The van der Waals surface area contributed by atoms with Crippen LogP contribution in [-0.4, -0.2) is 30.2 Å². The van der Waals surface area contributed by atoms with Crippen molar-refractivity contribution in [2.45, 2.75) is 19.9 Å². The number of rotatable bonds is 5. The minimum Gasteiger partial charge on any atom is -0.465 e. The number of carbonyl (C=O) groups is 2. The lowest BCUT2D eigenvalue weighted by atomic mass is 9.95. The van der Waals surface area contributed by atoms with Gasteiger partial charge in [-0.05, 0) is 55.3 Å². The van der Waals surface area contributed by atoms with Gasteiger partial charge in [0.15, 0.2) is 4.80 Å². The van der Waals surface area contributed by atoms with Crippen LogP contribution in [0.4, 0.5) is 0 Å². The molecule has 4 rings (SSSR count). The second-order valence-corrected chi connectivity index (χ2v) is 9.40. The molecule has 0 N–H and O–H groups in total. The number of nitrogens with zero attached hydrogens (tertiary/aromatic N) is 2. The number of carbonyl (C=O) groups excluding carboxylic acids is 2. The van der Waals surface area contributed by atoms with E-state index in [1.807, 2.05) is 24.3 Å². The van der Waals surface area contributed by atoms with Gasteiger partial charge < -0.3 is 9.47 Å². The van der Waals surface area contributed by atoms with Crippen molar-refractivity contribution in [2.24, 2.45) is 4.99 Å². The van der Waals surface area contributed by atoms with Crippen LogP contribution in [0.25, 0.3) is 6.08 Å². The molecule has 1 aliphatic rings. The third-order valence-electron chi connectivity index (χ3n) is 5.31. The number of fused-ring (bicyclic) bond motifs is 1. The summed E-state index contributed by atoms with van der Waals surface area (Å²) in [6.07, 6.45) is 1.80. The Morgan fingerprint density at radius 1 is 1.18 bits per heavy atom. The van der Waals surface area contributed by atoms with E-state index in [-0.39, 0.29) is 17.7 Å². The highest BCUT2D eigenvalue weighted by molar-refractivity contribution is 9.10. The van der Waals surface area contributed by atoms with Gasteiger partial charge in [-0.15, -0.1) is 0 Å². The first-order valence-electron chi connectivity index (χ1n) is 10.5. The van der Waals surface area contributed by atoms with Crippen LogP contribution in [0.1, 0.15) is 41.4 Å². The predicted octanol–water partition coefficient (Wildman–Crippen LogP) is 3.35. The molecule has 0 fully saturated rings. The molecule has 9 heteroatoms. The molecular weight excluding hydrogens is 520 g/mol. The van der Waals surface area contributed by atoms with Gasteiger partial charge in [0, 0.05) is 4.47 Å². The van der Waals surface area contributed by atoms with Crippen molar-refractivity contribution in [1.82, 2.24) is 4.57 Å². The number of allylic oxidation sites excluding steroid dienone is 1. The molecule has 1 atom stereocenters. The largest absolute Gasteiger partial charge is 0.465 e. The Labute approximate surface area is 207 Å². The zero-order chi connectivity index (χ0) is 24.4. The second-order valence-electron chi connectivity index (χ2n) is 7.47. The molecule has 0 amide bonds. The lowest BCUT2D eigenvalue weighted by molar-refractivity contribution is -0.139. The minimum atomic E-state index is -0.744. The van der Waals surface area contributed by atoms with Gasteiger partial charge in [-0.25, -0.2) is 14.6 Å². The smallest absolute Gasteiger partial charge is 0.338 e. The van der Waals surface area contributed by atoms with Gasteiger partial charge in [-0.3, -0.25) is 9.36 Å². The quantitative estimate of drug-likeness (QED) is 0.463. The number of benzene rings is 2. The lowest BCUT2D eigenvalue weighted by Gasteiger charge is -2.24. The molecule has 2 heterocycles. The summed E-state index contributed by atoms with van der Waals surface area (Å²) in [7, 11) is 1.31. The van der Waals surface area contributed by atoms with Crippen LogP contribution < -0.4 is 14.9 Å². The maximum atomic E-state index is 13.6. The first kappa shape index (κ1) is 23.8. The van der Waals surface area contributed by atoms with Crippen LogP contribution in [0.2, 0.25) is 0 Å². The molecule has 0 saturated heterocycles. The predicted molar refractivity (Wildman–Crippen MR) is 132 cm³/mol. The number of esters is 2. The second kappa shape index (κ2) is 9.90. The molecule has 0 aliphatic carbocycles. The zero-order valence-electron chi connectivity index (χ0n) is 18.7. The number of halogens is 1. The molecule has 2 aromatic carbocycles. The van der Waals surface area contributed by atoms with Crippen molar-refractivity contribution in [3.05, 3.63) is 101 Å². The van der Waals surface area contributed by atoms with E-state index in [2.05, 4.69) is 20.9 Å². The topological polar surface area (TPSA) is 87.0 Å². The highest BCUT2D eigenvalue weighted by atomic mass is 79.9. The van der Waals surface area contributed by atoms with Crippen LogP contribution in [0.15, 0.2) is 74.1 Å². The molecule has 0 spiro atoms. The van der Waals surface area contributed by atoms with Crippen molar-refractivity contribution < 1.29 is 19.1 Å². The summed E-state index contributed by atoms with van der Waals surface area (Å²) in [4.78, 5) is 43.4. The molecule has 1 unspecified atom stereocenters. The summed E-state index contributed by atoms with van der Waals surface area (Å²) in [5, 5.41) is 0. The van der Waals surface area contributed by atoms with E-state index in [0.29, 0.717) is 26.2 Å². The van der Waals surface area contributed by atoms with Gasteiger partial charge in [-0.1, -0.05) is 51.5 Å². The monoisotopic (exact) mass is 540 g/mol. The maximum absolute atomic E-state index is 13.6. The Morgan fingerprint density at radius 3 is 2.56 bits per heavy atom. The van der Waals surface area contributed by atoms with E-state index in [1.165, 1.54) is 23.0 Å². The summed E-state index contributed by atoms with van der Waals surface area (Å²) in [5.74, 6) is -1.01. The molecule has 34 heavy (non-hydrogen) atoms. The normalized spacial score (nSPS) is 15.5. The zero-order valence-corrected chi connectivity index (χ0v) is 21.1. The lowest BCUT2D eigenvalue weighted by Crippen LogP contribution is -2.40. The maximum Gasteiger partial charge on any atom is 0.338 e. The molecule has 3 aromatic rings. The Bertz CT molecular complexity index is 1480.